The number of nitrogens with one attached hydrogen (secondary N) is 1. The van der Waals surface area contributed by atoms with Gasteiger partial charge in [0.1, 0.15) is 0 Å². The van der Waals surface area contributed by atoms with Crippen LogP contribution in [0.5, 0.6) is 0 Å². The first-order chi connectivity index (χ1) is 6.76. The number of nitrogens with zero attached hydrogens (tertiary/aromatic N) is 2. The highest BCUT2D eigenvalue weighted by Crippen LogP contribution is 2.06. The molecule has 1 unspecified atom stereocenters. The number of aromatic nitrogens is 2. The monoisotopic (exact) mass is 195 g/mol. The van der Waals surface area contributed by atoms with Crippen molar-refractivity contribution in [2.24, 2.45) is 7.05 Å². The second kappa shape index (κ2) is 5.81. The van der Waals surface area contributed by atoms with Crippen molar-refractivity contribution in [3.05, 3.63) is 18.0 Å². The van der Waals surface area contributed by atoms with Crippen molar-refractivity contribution >= 4 is 0 Å². The second-order valence-electron chi connectivity index (χ2n) is 3.77. The zero-order valence-electron chi connectivity index (χ0n) is 9.45. The van der Waals surface area contributed by atoms with Gasteiger partial charge in [0.2, 0.25) is 0 Å². The van der Waals surface area contributed by atoms with Gasteiger partial charge in [-0.05, 0) is 38.8 Å². The molecule has 1 heterocycles. The lowest BCUT2D eigenvalue weighted by atomic mass is 10.1. The van der Waals surface area contributed by atoms with Crippen LogP contribution in [0.3, 0.4) is 0 Å². The molecule has 0 aromatic carbocycles. The van der Waals surface area contributed by atoms with Crippen molar-refractivity contribution in [3.63, 3.8) is 0 Å². The van der Waals surface area contributed by atoms with Gasteiger partial charge in [0.25, 0.3) is 0 Å². The first-order valence-corrected chi connectivity index (χ1v) is 5.42. The molecular formula is C11H21N3. The molecule has 0 spiro atoms. The van der Waals surface area contributed by atoms with Gasteiger partial charge in [-0.15, -0.1) is 0 Å². The normalized spacial score (nSPS) is 13.1. The third-order valence-electron chi connectivity index (χ3n) is 2.66. The van der Waals surface area contributed by atoms with Gasteiger partial charge in [-0.25, -0.2) is 0 Å². The van der Waals surface area contributed by atoms with Crippen molar-refractivity contribution < 1.29 is 0 Å². The average molecular weight is 195 g/mol. The summed E-state index contributed by atoms with van der Waals surface area (Å²) >= 11 is 0. The van der Waals surface area contributed by atoms with E-state index in [1.807, 2.05) is 25.0 Å². The topological polar surface area (TPSA) is 29.9 Å². The fraction of sp³-hybridized carbons (Fsp3) is 0.727. The molecule has 1 rings (SSSR count). The molecule has 1 atom stereocenters. The lowest BCUT2D eigenvalue weighted by molar-refractivity contribution is 0.489. The Morgan fingerprint density at radius 1 is 1.57 bits per heavy atom. The van der Waals surface area contributed by atoms with Crippen LogP contribution in [0.25, 0.3) is 0 Å². The highest BCUT2D eigenvalue weighted by atomic mass is 15.2. The van der Waals surface area contributed by atoms with Gasteiger partial charge < -0.3 is 5.32 Å². The maximum Gasteiger partial charge on any atom is 0.0624 e. The minimum atomic E-state index is 0.665. The highest BCUT2D eigenvalue weighted by Gasteiger charge is 2.03. The van der Waals surface area contributed by atoms with Crippen molar-refractivity contribution in [2.75, 3.05) is 7.05 Å². The van der Waals surface area contributed by atoms with E-state index < -0.39 is 0 Å². The maximum atomic E-state index is 4.36. The predicted molar refractivity (Wildman–Crippen MR) is 59.3 cm³/mol. The van der Waals surface area contributed by atoms with Gasteiger partial charge in [-0.3, -0.25) is 4.68 Å². The van der Waals surface area contributed by atoms with Crippen LogP contribution in [0, 0.1) is 0 Å². The van der Waals surface area contributed by atoms with Crippen molar-refractivity contribution in [1.82, 2.24) is 15.1 Å². The van der Waals surface area contributed by atoms with Crippen LogP contribution in [0.1, 0.15) is 31.9 Å². The third kappa shape index (κ3) is 3.50. The fourth-order valence-electron chi connectivity index (χ4n) is 1.68. The molecule has 0 bridgehead atoms. The van der Waals surface area contributed by atoms with Gasteiger partial charge >= 0.3 is 0 Å². The van der Waals surface area contributed by atoms with Crippen LogP contribution in [-0.2, 0) is 13.5 Å². The predicted octanol–water partition coefficient (Wildman–Crippen LogP) is 1.74. The molecule has 0 fully saturated rings. The molecule has 1 N–H and O–H groups in total. The Balaban J connectivity index is 2.21. The molecule has 1 aromatic heterocycles. The van der Waals surface area contributed by atoms with E-state index in [0.29, 0.717) is 6.04 Å². The highest BCUT2D eigenvalue weighted by molar-refractivity contribution is 4.98. The Bertz CT molecular complexity index is 251. The zero-order valence-corrected chi connectivity index (χ0v) is 9.45. The first-order valence-electron chi connectivity index (χ1n) is 5.42. The third-order valence-corrected chi connectivity index (χ3v) is 2.66. The zero-order chi connectivity index (χ0) is 10.4. The Morgan fingerprint density at radius 3 is 2.86 bits per heavy atom. The van der Waals surface area contributed by atoms with Crippen LogP contribution >= 0.6 is 0 Å². The molecule has 0 saturated heterocycles. The smallest absolute Gasteiger partial charge is 0.0624 e. The van der Waals surface area contributed by atoms with Crippen LogP contribution in [0.2, 0.25) is 0 Å². The molecule has 14 heavy (non-hydrogen) atoms. The Kier molecular flexibility index (Phi) is 4.66. The van der Waals surface area contributed by atoms with E-state index in [1.165, 1.54) is 25.0 Å². The molecule has 3 nitrogen and oxygen atoms in total. The van der Waals surface area contributed by atoms with Gasteiger partial charge in [0.15, 0.2) is 0 Å². The van der Waals surface area contributed by atoms with Gasteiger partial charge in [-0.1, -0.05) is 6.92 Å². The summed E-state index contributed by atoms with van der Waals surface area (Å²) in [4.78, 5) is 0. The molecule has 0 aliphatic carbocycles. The van der Waals surface area contributed by atoms with Gasteiger partial charge in [0, 0.05) is 19.3 Å². The Morgan fingerprint density at radius 2 is 2.36 bits per heavy atom. The molecule has 0 amide bonds. The molecule has 3 heteroatoms. The quantitative estimate of drug-likeness (QED) is 0.749. The van der Waals surface area contributed by atoms with Crippen LogP contribution in [0.4, 0.5) is 0 Å². The molecule has 1 aromatic rings. The van der Waals surface area contributed by atoms with Gasteiger partial charge in [-0.2, -0.15) is 5.10 Å². The summed E-state index contributed by atoms with van der Waals surface area (Å²) < 4.78 is 1.87. The molecular weight excluding hydrogens is 174 g/mol. The van der Waals surface area contributed by atoms with E-state index in [-0.39, 0.29) is 0 Å². The number of rotatable bonds is 6. The van der Waals surface area contributed by atoms with Crippen LogP contribution in [-0.4, -0.2) is 22.9 Å². The minimum Gasteiger partial charge on any atom is -0.317 e. The van der Waals surface area contributed by atoms with Crippen LogP contribution < -0.4 is 5.32 Å². The molecule has 80 valence electrons. The fourth-order valence-corrected chi connectivity index (χ4v) is 1.68. The summed E-state index contributed by atoms with van der Waals surface area (Å²) in [5.74, 6) is 0. The summed E-state index contributed by atoms with van der Waals surface area (Å²) in [6.07, 6.45) is 6.77. The SMILES string of the molecule is CCC(CCCc1ccn(C)n1)NC. The number of aryl methyl sites for hydroxylation is 2. The van der Waals surface area contributed by atoms with Crippen molar-refractivity contribution in [3.8, 4) is 0 Å². The summed E-state index contributed by atoms with van der Waals surface area (Å²) in [6.45, 7) is 2.22. The van der Waals surface area contributed by atoms with E-state index in [9.17, 15) is 0 Å². The van der Waals surface area contributed by atoms with E-state index in [0.717, 1.165) is 6.42 Å². The first kappa shape index (κ1) is 11.2. The Labute approximate surface area is 86.5 Å². The number of hydrogen-bond donors (Lipinski definition) is 1. The van der Waals surface area contributed by atoms with Crippen LogP contribution in [0.15, 0.2) is 12.3 Å². The molecule has 0 radical (unpaired) electrons. The summed E-state index contributed by atoms with van der Waals surface area (Å²) in [5, 5.41) is 7.67. The molecule has 0 aliphatic heterocycles. The van der Waals surface area contributed by atoms with E-state index in [1.54, 1.807) is 0 Å². The lowest BCUT2D eigenvalue weighted by Gasteiger charge is -2.12. The summed E-state index contributed by atoms with van der Waals surface area (Å²) in [7, 11) is 4.00. The van der Waals surface area contributed by atoms with E-state index in [2.05, 4.69) is 23.4 Å². The lowest BCUT2D eigenvalue weighted by Crippen LogP contribution is -2.23. The van der Waals surface area contributed by atoms with Crippen molar-refractivity contribution in [1.29, 1.82) is 0 Å². The number of hydrogen-bond acceptors (Lipinski definition) is 2. The van der Waals surface area contributed by atoms with Gasteiger partial charge in [0.05, 0.1) is 5.69 Å². The standard InChI is InChI=1S/C11H21N3/c1-4-10(12-2)6-5-7-11-8-9-14(3)13-11/h8-10,12H,4-7H2,1-3H3. The second-order valence-corrected chi connectivity index (χ2v) is 3.77. The maximum absolute atomic E-state index is 4.36. The minimum absolute atomic E-state index is 0.665. The molecule has 0 saturated carbocycles. The van der Waals surface area contributed by atoms with E-state index >= 15 is 0 Å². The van der Waals surface area contributed by atoms with Crippen molar-refractivity contribution in [2.45, 2.75) is 38.6 Å². The molecule has 0 aliphatic rings. The average Bonchev–Trinajstić information content (AvgIpc) is 2.59. The summed E-state index contributed by atoms with van der Waals surface area (Å²) in [6, 6.07) is 2.76. The summed E-state index contributed by atoms with van der Waals surface area (Å²) in [5.41, 5.74) is 1.21. The van der Waals surface area contributed by atoms with E-state index in [4.69, 9.17) is 0 Å². The Hall–Kier alpha value is -0.830. The largest absolute Gasteiger partial charge is 0.317 e.